The van der Waals surface area contributed by atoms with Crippen molar-refractivity contribution in [2.24, 2.45) is 0 Å². The van der Waals surface area contributed by atoms with Crippen LogP contribution >= 0.6 is 11.6 Å². The van der Waals surface area contributed by atoms with E-state index < -0.39 is 0 Å². The van der Waals surface area contributed by atoms with E-state index in [-0.39, 0.29) is 12.0 Å². The molecule has 1 aromatic carbocycles. The van der Waals surface area contributed by atoms with E-state index in [0.29, 0.717) is 10.8 Å². The molecule has 1 heterocycles. The lowest BCUT2D eigenvalue weighted by molar-refractivity contribution is -0.135. The van der Waals surface area contributed by atoms with Crippen LogP contribution in [0.2, 0.25) is 5.02 Å². The number of halogens is 1. The molecule has 0 spiro atoms. The van der Waals surface area contributed by atoms with Gasteiger partial charge < -0.3 is 10.1 Å². The number of hydrogen-bond donors (Lipinski definition) is 1. The summed E-state index contributed by atoms with van der Waals surface area (Å²) >= 11 is 5.74. The smallest absolute Gasteiger partial charge is 0.333 e. The third-order valence-electron chi connectivity index (χ3n) is 1.88. The van der Waals surface area contributed by atoms with Crippen LogP contribution in [-0.4, -0.2) is 12.0 Å². The number of fused-ring (bicyclic) bond motifs is 1. The molecule has 1 N–H and O–H groups in total. The normalized spacial score (nSPS) is 20.2. The molecule has 2 rings (SSSR count). The topological polar surface area (TPSA) is 38.3 Å². The van der Waals surface area contributed by atoms with Crippen LogP contribution in [0.5, 0.6) is 5.75 Å². The first-order valence-corrected chi connectivity index (χ1v) is 4.32. The zero-order valence-corrected chi connectivity index (χ0v) is 7.76. The summed E-state index contributed by atoms with van der Waals surface area (Å²) in [6, 6.07) is 4.86. The van der Waals surface area contributed by atoms with Gasteiger partial charge >= 0.3 is 5.97 Å². The van der Waals surface area contributed by atoms with Crippen molar-refractivity contribution in [2.45, 2.75) is 13.0 Å². The van der Waals surface area contributed by atoms with Crippen molar-refractivity contribution in [3.05, 3.63) is 23.2 Å². The van der Waals surface area contributed by atoms with Gasteiger partial charge in [0.05, 0.1) is 5.69 Å². The molecule has 0 amide bonds. The number of rotatable bonds is 0. The number of benzene rings is 1. The highest BCUT2D eigenvalue weighted by atomic mass is 35.5. The van der Waals surface area contributed by atoms with E-state index in [1.807, 2.05) is 0 Å². The number of carbonyl (C=O) groups is 1. The van der Waals surface area contributed by atoms with Gasteiger partial charge in [-0.2, -0.15) is 0 Å². The fourth-order valence-corrected chi connectivity index (χ4v) is 1.35. The van der Waals surface area contributed by atoms with E-state index in [2.05, 4.69) is 5.32 Å². The summed E-state index contributed by atoms with van der Waals surface area (Å²) in [5.41, 5.74) is 0.802. The van der Waals surface area contributed by atoms with Crippen LogP contribution in [0.1, 0.15) is 6.92 Å². The fraction of sp³-hybridized carbons (Fsp3) is 0.222. The van der Waals surface area contributed by atoms with Crippen LogP contribution in [-0.2, 0) is 4.79 Å². The SMILES string of the molecule is CC1Nc2ccc(Cl)cc2OC1=O. The lowest BCUT2D eigenvalue weighted by atomic mass is 10.2. The zero-order chi connectivity index (χ0) is 9.42. The first-order valence-electron chi connectivity index (χ1n) is 3.94. The van der Waals surface area contributed by atoms with Gasteiger partial charge in [-0.25, -0.2) is 4.79 Å². The molecule has 1 aromatic rings. The highest BCUT2D eigenvalue weighted by Crippen LogP contribution is 2.31. The van der Waals surface area contributed by atoms with Crippen molar-refractivity contribution < 1.29 is 9.53 Å². The lowest BCUT2D eigenvalue weighted by Gasteiger charge is -2.22. The second kappa shape index (κ2) is 2.92. The van der Waals surface area contributed by atoms with Gasteiger partial charge in [0.25, 0.3) is 0 Å². The summed E-state index contributed by atoms with van der Waals surface area (Å²) in [5.74, 6) is 0.213. The Morgan fingerprint density at radius 1 is 1.54 bits per heavy atom. The number of hydrogen-bond acceptors (Lipinski definition) is 3. The van der Waals surface area contributed by atoms with Crippen LogP contribution in [0.25, 0.3) is 0 Å². The molecule has 4 heteroatoms. The standard InChI is InChI=1S/C9H8ClNO2/c1-5-9(12)13-8-4-6(10)2-3-7(8)11-5/h2-5,11H,1H3. The molecule has 0 aromatic heterocycles. The van der Waals surface area contributed by atoms with Gasteiger partial charge in [-0.15, -0.1) is 0 Å². The summed E-state index contributed by atoms with van der Waals surface area (Å²) in [5, 5.41) is 3.56. The third kappa shape index (κ3) is 1.47. The van der Waals surface area contributed by atoms with Gasteiger partial charge in [-0.05, 0) is 19.1 Å². The van der Waals surface area contributed by atoms with Crippen molar-refractivity contribution in [3.63, 3.8) is 0 Å². The number of carbonyl (C=O) groups excluding carboxylic acids is 1. The summed E-state index contributed by atoms with van der Waals surface area (Å²) < 4.78 is 5.04. The van der Waals surface area contributed by atoms with Gasteiger partial charge in [0.15, 0.2) is 5.75 Å². The largest absolute Gasteiger partial charge is 0.423 e. The zero-order valence-electron chi connectivity index (χ0n) is 7.00. The van der Waals surface area contributed by atoms with Crippen molar-refractivity contribution in [1.29, 1.82) is 0 Å². The van der Waals surface area contributed by atoms with Crippen molar-refractivity contribution in [2.75, 3.05) is 5.32 Å². The predicted octanol–water partition coefficient (Wildman–Crippen LogP) is 2.06. The van der Waals surface area contributed by atoms with Crippen LogP contribution in [0.15, 0.2) is 18.2 Å². The molecule has 1 aliphatic heterocycles. The maximum absolute atomic E-state index is 11.1. The molecule has 0 aliphatic carbocycles. The summed E-state index contributed by atoms with van der Waals surface area (Å²) in [6.45, 7) is 1.75. The van der Waals surface area contributed by atoms with E-state index in [9.17, 15) is 4.79 Å². The van der Waals surface area contributed by atoms with E-state index in [1.165, 1.54) is 0 Å². The van der Waals surface area contributed by atoms with Gasteiger partial charge in [0.2, 0.25) is 0 Å². The molecule has 0 bridgehead atoms. The van der Waals surface area contributed by atoms with E-state index in [4.69, 9.17) is 16.3 Å². The van der Waals surface area contributed by atoms with Crippen LogP contribution in [0.4, 0.5) is 5.69 Å². The molecule has 0 radical (unpaired) electrons. The second-order valence-electron chi connectivity index (χ2n) is 2.93. The average molecular weight is 198 g/mol. The minimum Gasteiger partial charge on any atom is -0.423 e. The Hall–Kier alpha value is -1.22. The van der Waals surface area contributed by atoms with Gasteiger partial charge in [0.1, 0.15) is 6.04 Å². The molecule has 0 fully saturated rings. The molecule has 1 aliphatic rings. The molecule has 1 atom stereocenters. The number of ether oxygens (including phenoxy) is 1. The molecule has 68 valence electrons. The predicted molar refractivity (Wildman–Crippen MR) is 50.2 cm³/mol. The van der Waals surface area contributed by atoms with Gasteiger partial charge in [-0.1, -0.05) is 11.6 Å². The monoisotopic (exact) mass is 197 g/mol. The summed E-state index contributed by atoms with van der Waals surface area (Å²) in [7, 11) is 0. The lowest BCUT2D eigenvalue weighted by Crippen LogP contribution is -2.34. The van der Waals surface area contributed by atoms with Crippen LogP contribution in [0, 0.1) is 0 Å². The highest BCUT2D eigenvalue weighted by Gasteiger charge is 2.23. The third-order valence-corrected chi connectivity index (χ3v) is 2.11. The van der Waals surface area contributed by atoms with Crippen molar-refractivity contribution in [1.82, 2.24) is 0 Å². The average Bonchev–Trinajstić information content (AvgIpc) is 2.08. The van der Waals surface area contributed by atoms with Crippen LogP contribution in [0.3, 0.4) is 0 Å². The number of nitrogens with one attached hydrogen (secondary N) is 1. The number of esters is 1. The Bertz CT molecular complexity index is 365. The van der Waals surface area contributed by atoms with Crippen LogP contribution < -0.4 is 10.1 Å². The van der Waals surface area contributed by atoms with E-state index >= 15 is 0 Å². The summed E-state index contributed by atoms with van der Waals surface area (Å²) in [4.78, 5) is 11.1. The molecule has 3 nitrogen and oxygen atoms in total. The minimum absolute atomic E-state index is 0.283. The van der Waals surface area contributed by atoms with Crippen molar-refractivity contribution in [3.8, 4) is 5.75 Å². The maximum atomic E-state index is 11.1. The molecule has 13 heavy (non-hydrogen) atoms. The minimum atomic E-state index is -0.298. The Balaban J connectivity index is 2.42. The van der Waals surface area contributed by atoms with E-state index in [0.717, 1.165) is 5.69 Å². The Labute approximate surface area is 80.6 Å². The Morgan fingerprint density at radius 2 is 2.31 bits per heavy atom. The first kappa shape index (κ1) is 8.38. The quantitative estimate of drug-likeness (QED) is 0.511. The molecular formula is C9H8ClNO2. The molecular weight excluding hydrogens is 190 g/mol. The molecule has 1 unspecified atom stereocenters. The second-order valence-corrected chi connectivity index (χ2v) is 3.36. The van der Waals surface area contributed by atoms with E-state index in [1.54, 1.807) is 25.1 Å². The molecule has 0 saturated carbocycles. The maximum Gasteiger partial charge on any atom is 0.333 e. The van der Waals surface area contributed by atoms with Gasteiger partial charge in [0, 0.05) is 11.1 Å². The number of anilines is 1. The first-order chi connectivity index (χ1) is 6.16. The van der Waals surface area contributed by atoms with Crippen molar-refractivity contribution >= 4 is 23.3 Å². The molecule has 0 saturated heterocycles. The highest BCUT2D eigenvalue weighted by molar-refractivity contribution is 6.30. The van der Waals surface area contributed by atoms with Gasteiger partial charge in [-0.3, -0.25) is 0 Å². The Kier molecular flexibility index (Phi) is 1.88. The fourth-order valence-electron chi connectivity index (χ4n) is 1.19. The summed E-state index contributed by atoms with van der Waals surface area (Å²) in [6.07, 6.45) is 0. The Morgan fingerprint density at radius 3 is 3.08 bits per heavy atom.